The molecule has 4 nitrogen and oxygen atoms in total. The van der Waals surface area contributed by atoms with Crippen molar-refractivity contribution in [2.24, 2.45) is 0 Å². The third kappa shape index (κ3) is 3.59. The predicted molar refractivity (Wildman–Crippen MR) is 128 cm³/mol. The van der Waals surface area contributed by atoms with E-state index in [1.54, 1.807) is 0 Å². The summed E-state index contributed by atoms with van der Waals surface area (Å²) in [5.74, 6) is 0.147. The van der Waals surface area contributed by atoms with Gasteiger partial charge in [-0.2, -0.15) is 0 Å². The minimum atomic E-state index is -0.390. The Kier molecular flexibility index (Phi) is 5.19. The highest BCUT2D eigenvalue weighted by molar-refractivity contribution is 6.05. The minimum absolute atomic E-state index is 0.147. The van der Waals surface area contributed by atoms with Gasteiger partial charge < -0.3 is 10.3 Å². The SMILES string of the molecule is Cc1[nH]c2ccccc2c1C1=CCN(CCCCC2(C)C(=O)Nc3ccccc32)CC1. The average molecular weight is 414 g/mol. The van der Waals surface area contributed by atoms with Gasteiger partial charge in [-0.25, -0.2) is 0 Å². The van der Waals surface area contributed by atoms with Crippen molar-refractivity contribution in [2.75, 3.05) is 25.0 Å². The molecular formula is C27H31N3O. The monoisotopic (exact) mass is 413 g/mol. The van der Waals surface area contributed by atoms with Crippen LogP contribution in [-0.2, 0) is 10.2 Å². The zero-order chi connectivity index (χ0) is 21.4. The molecule has 0 radical (unpaired) electrons. The molecule has 31 heavy (non-hydrogen) atoms. The van der Waals surface area contributed by atoms with Crippen LogP contribution in [0.15, 0.2) is 54.6 Å². The topological polar surface area (TPSA) is 48.1 Å². The third-order valence-electron chi connectivity index (χ3n) is 7.18. The number of nitrogens with one attached hydrogen (secondary N) is 2. The van der Waals surface area contributed by atoms with Crippen LogP contribution < -0.4 is 5.32 Å². The standard InChI is InChI=1S/C27H31N3O/c1-19-25(21-9-3-5-11-23(21)28-19)20-13-17-30(18-14-20)16-8-7-15-27(2)22-10-4-6-12-24(22)29-26(27)31/h3-6,9-13,28H,7-8,14-18H2,1-2H3,(H,29,31). The van der Waals surface area contributed by atoms with Crippen molar-refractivity contribution in [1.29, 1.82) is 0 Å². The molecule has 5 rings (SSSR count). The number of hydrogen-bond acceptors (Lipinski definition) is 2. The number of carbonyl (C=O) groups excluding carboxylic acids is 1. The van der Waals surface area contributed by atoms with E-state index in [-0.39, 0.29) is 5.91 Å². The summed E-state index contributed by atoms with van der Waals surface area (Å²) >= 11 is 0. The molecule has 160 valence electrons. The molecule has 0 aliphatic carbocycles. The van der Waals surface area contributed by atoms with E-state index in [1.165, 1.54) is 27.7 Å². The number of anilines is 1. The van der Waals surface area contributed by atoms with E-state index in [9.17, 15) is 4.79 Å². The van der Waals surface area contributed by atoms with Crippen molar-refractivity contribution in [1.82, 2.24) is 9.88 Å². The summed E-state index contributed by atoms with van der Waals surface area (Å²) in [4.78, 5) is 18.7. The Labute approximate surface area is 184 Å². The van der Waals surface area contributed by atoms with E-state index in [1.807, 2.05) is 18.2 Å². The molecule has 0 fully saturated rings. The molecule has 3 heterocycles. The Hall–Kier alpha value is -2.85. The van der Waals surface area contributed by atoms with Gasteiger partial charge in [0.1, 0.15) is 0 Å². The van der Waals surface area contributed by atoms with Crippen molar-refractivity contribution in [3.05, 3.63) is 71.4 Å². The summed E-state index contributed by atoms with van der Waals surface area (Å²) < 4.78 is 0. The molecule has 2 aromatic carbocycles. The van der Waals surface area contributed by atoms with Crippen molar-refractivity contribution < 1.29 is 4.79 Å². The summed E-state index contributed by atoms with van der Waals surface area (Å²) in [6.07, 6.45) is 6.59. The van der Waals surface area contributed by atoms with Gasteiger partial charge in [0.15, 0.2) is 0 Å². The summed E-state index contributed by atoms with van der Waals surface area (Å²) in [5, 5.41) is 4.39. The van der Waals surface area contributed by atoms with Gasteiger partial charge in [0, 0.05) is 40.9 Å². The zero-order valence-electron chi connectivity index (χ0n) is 18.5. The number of H-pyrrole nitrogens is 1. The van der Waals surface area contributed by atoms with Crippen LogP contribution in [0.5, 0.6) is 0 Å². The molecular weight excluding hydrogens is 382 g/mol. The number of fused-ring (bicyclic) bond motifs is 2. The van der Waals surface area contributed by atoms with E-state index in [0.717, 1.165) is 56.6 Å². The fourth-order valence-corrected chi connectivity index (χ4v) is 5.35. The fourth-order valence-electron chi connectivity index (χ4n) is 5.35. The second-order valence-electron chi connectivity index (χ2n) is 9.24. The second kappa shape index (κ2) is 8.01. The molecule has 3 aromatic rings. The molecule has 1 amide bonds. The zero-order valence-corrected chi connectivity index (χ0v) is 18.5. The Balaban J connectivity index is 1.17. The first kappa shape index (κ1) is 20.1. The maximum Gasteiger partial charge on any atom is 0.234 e. The highest BCUT2D eigenvalue weighted by Crippen LogP contribution is 2.41. The van der Waals surface area contributed by atoms with Crippen molar-refractivity contribution in [3.63, 3.8) is 0 Å². The average Bonchev–Trinajstić information content (AvgIpc) is 3.25. The molecule has 1 unspecified atom stereocenters. The number of hydrogen-bond donors (Lipinski definition) is 2. The summed E-state index contributed by atoms with van der Waals surface area (Å²) in [5.41, 5.74) is 7.11. The number of rotatable bonds is 6. The number of aromatic nitrogens is 1. The van der Waals surface area contributed by atoms with E-state index < -0.39 is 5.41 Å². The lowest BCUT2D eigenvalue weighted by Crippen LogP contribution is -2.32. The lowest BCUT2D eigenvalue weighted by atomic mass is 9.79. The molecule has 2 aliphatic rings. The molecule has 1 atom stereocenters. The number of nitrogens with zero attached hydrogens (tertiary/aromatic N) is 1. The Morgan fingerprint density at radius 2 is 1.87 bits per heavy atom. The first-order valence-electron chi connectivity index (χ1n) is 11.5. The molecule has 4 heteroatoms. The number of amides is 1. The number of carbonyl (C=O) groups is 1. The Bertz CT molecular complexity index is 1160. The van der Waals surface area contributed by atoms with Gasteiger partial charge >= 0.3 is 0 Å². The van der Waals surface area contributed by atoms with Crippen LogP contribution in [-0.4, -0.2) is 35.4 Å². The Morgan fingerprint density at radius 3 is 2.71 bits per heavy atom. The molecule has 2 N–H and O–H groups in total. The highest BCUT2D eigenvalue weighted by Gasteiger charge is 2.41. The molecule has 1 aromatic heterocycles. The fraction of sp³-hybridized carbons (Fsp3) is 0.370. The minimum Gasteiger partial charge on any atom is -0.358 e. The van der Waals surface area contributed by atoms with Crippen molar-refractivity contribution >= 4 is 28.1 Å². The lowest BCUT2D eigenvalue weighted by Gasteiger charge is -2.27. The maximum absolute atomic E-state index is 12.6. The van der Waals surface area contributed by atoms with E-state index in [2.05, 4.69) is 65.5 Å². The molecule has 0 bridgehead atoms. The van der Waals surface area contributed by atoms with Crippen LogP contribution in [0.1, 0.15) is 49.4 Å². The largest absolute Gasteiger partial charge is 0.358 e. The third-order valence-corrected chi connectivity index (χ3v) is 7.18. The number of aromatic amines is 1. The van der Waals surface area contributed by atoms with E-state index in [4.69, 9.17) is 0 Å². The van der Waals surface area contributed by atoms with Gasteiger partial charge in [0.05, 0.1) is 5.41 Å². The second-order valence-corrected chi connectivity index (χ2v) is 9.24. The van der Waals surface area contributed by atoms with E-state index in [0.29, 0.717) is 0 Å². The highest BCUT2D eigenvalue weighted by atomic mass is 16.2. The predicted octanol–water partition coefficient (Wildman–Crippen LogP) is 5.65. The number of aryl methyl sites for hydroxylation is 1. The molecule has 2 aliphatic heterocycles. The van der Waals surface area contributed by atoms with Crippen LogP contribution in [0.4, 0.5) is 5.69 Å². The molecule has 0 saturated carbocycles. The summed E-state index contributed by atoms with van der Waals surface area (Å²) in [6.45, 7) is 7.48. The first-order valence-corrected chi connectivity index (χ1v) is 11.5. The maximum atomic E-state index is 12.6. The van der Waals surface area contributed by atoms with Gasteiger partial charge in [-0.3, -0.25) is 9.69 Å². The van der Waals surface area contributed by atoms with E-state index >= 15 is 0 Å². The van der Waals surface area contributed by atoms with Crippen molar-refractivity contribution in [3.8, 4) is 0 Å². The molecule has 0 saturated heterocycles. The summed E-state index contributed by atoms with van der Waals surface area (Å²) in [7, 11) is 0. The quantitative estimate of drug-likeness (QED) is 0.513. The smallest absolute Gasteiger partial charge is 0.234 e. The van der Waals surface area contributed by atoms with Crippen LogP contribution >= 0.6 is 0 Å². The van der Waals surface area contributed by atoms with Crippen molar-refractivity contribution in [2.45, 2.75) is 44.9 Å². The van der Waals surface area contributed by atoms with Crippen LogP contribution in [0.2, 0.25) is 0 Å². The van der Waals surface area contributed by atoms with Gasteiger partial charge in [-0.15, -0.1) is 0 Å². The number of para-hydroxylation sites is 2. The van der Waals surface area contributed by atoms with Crippen LogP contribution in [0.25, 0.3) is 16.5 Å². The number of benzene rings is 2. The summed E-state index contributed by atoms with van der Waals surface area (Å²) in [6, 6.07) is 16.7. The Morgan fingerprint density at radius 1 is 1.06 bits per heavy atom. The van der Waals surface area contributed by atoms with Crippen LogP contribution in [0.3, 0.4) is 0 Å². The lowest BCUT2D eigenvalue weighted by molar-refractivity contribution is -0.120. The normalized spacial score (nSPS) is 21.2. The van der Waals surface area contributed by atoms with Gasteiger partial charge in [-0.1, -0.05) is 48.9 Å². The van der Waals surface area contributed by atoms with Gasteiger partial charge in [0.2, 0.25) is 5.91 Å². The van der Waals surface area contributed by atoms with Crippen LogP contribution in [0, 0.1) is 6.92 Å². The number of unbranched alkanes of at least 4 members (excludes halogenated alkanes) is 1. The van der Waals surface area contributed by atoms with Gasteiger partial charge in [0.25, 0.3) is 0 Å². The first-order chi connectivity index (χ1) is 15.1. The van der Waals surface area contributed by atoms with Gasteiger partial charge in [-0.05, 0) is 62.9 Å². The molecule has 0 spiro atoms.